The molecule has 0 bridgehead atoms. The van der Waals surface area contributed by atoms with Crippen LogP contribution in [0.4, 0.5) is 5.69 Å². The second-order valence-electron chi connectivity index (χ2n) is 7.11. The van der Waals surface area contributed by atoms with Crippen LogP contribution in [-0.2, 0) is 6.42 Å². The lowest BCUT2D eigenvalue weighted by Crippen LogP contribution is -2.35. The van der Waals surface area contributed by atoms with E-state index in [1.807, 2.05) is 0 Å². The second-order valence-corrected chi connectivity index (χ2v) is 7.11. The van der Waals surface area contributed by atoms with Crippen molar-refractivity contribution in [1.29, 1.82) is 0 Å². The molecule has 2 nitrogen and oxygen atoms in total. The fourth-order valence-corrected chi connectivity index (χ4v) is 3.69. The van der Waals surface area contributed by atoms with Crippen molar-refractivity contribution in [3.8, 4) is 0 Å². The molecule has 21 heavy (non-hydrogen) atoms. The Labute approximate surface area is 130 Å². The van der Waals surface area contributed by atoms with Gasteiger partial charge >= 0.3 is 0 Å². The molecule has 2 rings (SSSR count). The lowest BCUT2D eigenvalue weighted by molar-refractivity contribution is 0.332. The Bertz CT molecular complexity index is 427. The van der Waals surface area contributed by atoms with E-state index >= 15 is 0 Å². The molecule has 118 valence electrons. The molecule has 1 aliphatic rings. The number of hydrogen-bond donors (Lipinski definition) is 1. The van der Waals surface area contributed by atoms with E-state index in [9.17, 15) is 0 Å². The summed E-state index contributed by atoms with van der Waals surface area (Å²) >= 11 is 0. The number of rotatable bonds is 7. The van der Waals surface area contributed by atoms with Crippen LogP contribution >= 0.6 is 0 Å². The zero-order valence-electron chi connectivity index (χ0n) is 14.0. The molecule has 2 atom stereocenters. The summed E-state index contributed by atoms with van der Waals surface area (Å²) in [6, 6.07) is 8.93. The van der Waals surface area contributed by atoms with Crippen LogP contribution in [-0.4, -0.2) is 19.6 Å². The van der Waals surface area contributed by atoms with Gasteiger partial charge in [0.05, 0.1) is 0 Å². The van der Waals surface area contributed by atoms with Crippen LogP contribution in [0.2, 0.25) is 0 Å². The van der Waals surface area contributed by atoms with Crippen LogP contribution in [0.5, 0.6) is 0 Å². The van der Waals surface area contributed by atoms with Crippen LogP contribution in [0.1, 0.15) is 45.6 Å². The van der Waals surface area contributed by atoms with E-state index in [1.54, 1.807) is 0 Å². The fraction of sp³-hybridized carbons (Fsp3) is 0.684. The lowest BCUT2D eigenvalue weighted by atomic mass is 9.88. The molecule has 2 unspecified atom stereocenters. The van der Waals surface area contributed by atoms with E-state index in [1.165, 1.54) is 50.0 Å². The molecule has 1 aromatic rings. The van der Waals surface area contributed by atoms with Gasteiger partial charge in [0.1, 0.15) is 0 Å². The van der Waals surface area contributed by atoms with Gasteiger partial charge in [-0.15, -0.1) is 0 Å². The van der Waals surface area contributed by atoms with Crippen molar-refractivity contribution in [2.24, 2.45) is 23.5 Å². The Morgan fingerprint density at radius 1 is 1.24 bits per heavy atom. The van der Waals surface area contributed by atoms with E-state index in [4.69, 9.17) is 5.73 Å². The van der Waals surface area contributed by atoms with Gasteiger partial charge in [0.15, 0.2) is 0 Å². The van der Waals surface area contributed by atoms with E-state index in [-0.39, 0.29) is 0 Å². The molecule has 2 heteroatoms. The Balaban J connectivity index is 1.91. The van der Waals surface area contributed by atoms with Crippen molar-refractivity contribution in [3.05, 3.63) is 29.8 Å². The van der Waals surface area contributed by atoms with Crippen molar-refractivity contribution in [2.75, 3.05) is 24.5 Å². The van der Waals surface area contributed by atoms with Crippen molar-refractivity contribution in [1.82, 2.24) is 0 Å². The highest BCUT2D eigenvalue weighted by atomic mass is 15.1. The summed E-state index contributed by atoms with van der Waals surface area (Å²) in [5.41, 5.74) is 8.75. The summed E-state index contributed by atoms with van der Waals surface area (Å²) in [4.78, 5) is 2.60. The third kappa shape index (κ3) is 4.47. The molecule has 1 aliphatic heterocycles. The first-order chi connectivity index (χ1) is 10.1. The number of para-hydroxylation sites is 1. The van der Waals surface area contributed by atoms with Crippen molar-refractivity contribution >= 4 is 5.69 Å². The SMILES string of the molecule is CC1Cc2ccccc2N(CCCC(CCN)C(C)C)C1. The number of nitrogens with zero attached hydrogens (tertiary/aromatic N) is 1. The smallest absolute Gasteiger partial charge is 0.0398 e. The van der Waals surface area contributed by atoms with Gasteiger partial charge in [-0.25, -0.2) is 0 Å². The Hall–Kier alpha value is -1.02. The molecule has 2 N–H and O–H groups in total. The molecule has 0 amide bonds. The predicted octanol–water partition coefficient (Wildman–Crippen LogP) is 4.09. The molecule has 1 heterocycles. The molecule has 0 fully saturated rings. The van der Waals surface area contributed by atoms with Crippen LogP contribution in [0.25, 0.3) is 0 Å². The number of anilines is 1. The summed E-state index contributed by atoms with van der Waals surface area (Å²) in [6.07, 6.45) is 4.99. The quantitative estimate of drug-likeness (QED) is 0.819. The third-order valence-corrected chi connectivity index (χ3v) is 4.92. The standard InChI is InChI=1S/C19H32N2/c1-15(2)17(10-11-20)8-6-12-21-14-16(3)13-18-7-4-5-9-19(18)21/h4-5,7,9,15-17H,6,8,10-14,20H2,1-3H3. The highest BCUT2D eigenvalue weighted by Gasteiger charge is 2.21. The van der Waals surface area contributed by atoms with Crippen LogP contribution in [0.3, 0.4) is 0 Å². The lowest BCUT2D eigenvalue weighted by Gasteiger charge is -2.35. The molecular formula is C19H32N2. The number of fused-ring (bicyclic) bond motifs is 1. The predicted molar refractivity (Wildman–Crippen MR) is 92.8 cm³/mol. The number of nitrogens with two attached hydrogens (primary N) is 1. The number of hydrogen-bond acceptors (Lipinski definition) is 2. The van der Waals surface area contributed by atoms with Gasteiger partial charge in [-0.2, -0.15) is 0 Å². The van der Waals surface area contributed by atoms with Gasteiger partial charge in [0.25, 0.3) is 0 Å². The van der Waals surface area contributed by atoms with E-state index in [0.717, 1.165) is 24.3 Å². The van der Waals surface area contributed by atoms with Gasteiger partial charge in [0, 0.05) is 18.8 Å². The fourth-order valence-electron chi connectivity index (χ4n) is 3.69. The monoisotopic (exact) mass is 288 g/mol. The molecule has 0 spiro atoms. The Kier molecular flexibility index (Phi) is 6.10. The molecule has 0 radical (unpaired) electrons. The van der Waals surface area contributed by atoms with Crippen LogP contribution < -0.4 is 10.6 Å². The maximum Gasteiger partial charge on any atom is 0.0398 e. The highest BCUT2D eigenvalue weighted by Crippen LogP contribution is 2.30. The minimum absolute atomic E-state index is 0.751. The summed E-state index contributed by atoms with van der Waals surface area (Å²) in [6.45, 7) is 10.3. The molecule has 0 saturated heterocycles. The summed E-state index contributed by atoms with van der Waals surface area (Å²) in [7, 11) is 0. The van der Waals surface area contributed by atoms with Gasteiger partial charge in [-0.3, -0.25) is 0 Å². The van der Waals surface area contributed by atoms with Crippen LogP contribution in [0.15, 0.2) is 24.3 Å². The molecule has 0 aliphatic carbocycles. The molecule has 0 saturated carbocycles. The van der Waals surface area contributed by atoms with Crippen molar-refractivity contribution in [3.63, 3.8) is 0 Å². The first-order valence-corrected chi connectivity index (χ1v) is 8.64. The Morgan fingerprint density at radius 3 is 2.71 bits per heavy atom. The third-order valence-electron chi connectivity index (χ3n) is 4.92. The van der Waals surface area contributed by atoms with E-state index in [0.29, 0.717) is 0 Å². The Morgan fingerprint density at radius 2 is 2.00 bits per heavy atom. The summed E-state index contributed by atoms with van der Waals surface area (Å²) < 4.78 is 0. The molecule has 0 aromatic heterocycles. The van der Waals surface area contributed by atoms with E-state index in [2.05, 4.69) is 49.9 Å². The first kappa shape index (κ1) is 16.4. The van der Waals surface area contributed by atoms with Gasteiger partial charge in [-0.05, 0) is 61.6 Å². The average molecular weight is 288 g/mol. The zero-order valence-corrected chi connectivity index (χ0v) is 14.0. The van der Waals surface area contributed by atoms with Gasteiger partial charge < -0.3 is 10.6 Å². The summed E-state index contributed by atoms with van der Waals surface area (Å²) in [5, 5.41) is 0. The second kappa shape index (κ2) is 7.84. The molecular weight excluding hydrogens is 256 g/mol. The highest BCUT2D eigenvalue weighted by molar-refractivity contribution is 5.55. The largest absolute Gasteiger partial charge is 0.371 e. The topological polar surface area (TPSA) is 29.3 Å². The van der Waals surface area contributed by atoms with Crippen molar-refractivity contribution < 1.29 is 0 Å². The maximum absolute atomic E-state index is 5.75. The minimum Gasteiger partial charge on any atom is -0.371 e. The first-order valence-electron chi connectivity index (χ1n) is 8.64. The normalized spacial score (nSPS) is 19.7. The summed E-state index contributed by atoms with van der Waals surface area (Å²) in [5.74, 6) is 2.30. The van der Waals surface area contributed by atoms with Crippen LogP contribution in [0, 0.1) is 17.8 Å². The van der Waals surface area contributed by atoms with E-state index < -0.39 is 0 Å². The molecule has 1 aromatic carbocycles. The van der Waals surface area contributed by atoms with Gasteiger partial charge in [-0.1, -0.05) is 39.0 Å². The maximum atomic E-state index is 5.75. The average Bonchev–Trinajstić information content (AvgIpc) is 2.45. The zero-order chi connectivity index (χ0) is 15.2. The minimum atomic E-state index is 0.751. The van der Waals surface area contributed by atoms with Crippen molar-refractivity contribution in [2.45, 2.75) is 46.5 Å². The van der Waals surface area contributed by atoms with Gasteiger partial charge in [0.2, 0.25) is 0 Å². The number of benzene rings is 1.